The molecule has 1 atom stereocenters. The van der Waals surface area contributed by atoms with Crippen molar-refractivity contribution in [2.75, 3.05) is 0 Å². The number of nitrogens with one attached hydrogen (secondary N) is 1. The molecule has 34 heavy (non-hydrogen) atoms. The van der Waals surface area contributed by atoms with E-state index >= 15 is 0 Å². The summed E-state index contributed by atoms with van der Waals surface area (Å²) in [5.74, 6) is 2.79. The lowest BCUT2D eigenvalue weighted by Crippen LogP contribution is -2.60. The molecule has 0 aliphatic heterocycles. The summed E-state index contributed by atoms with van der Waals surface area (Å²) in [5, 5.41) is 3.76. The van der Waals surface area contributed by atoms with Crippen molar-refractivity contribution < 1.29 is 4.79 Å². The molecule has 0 radical (unpaired) electrons. The van der Waals surface area contributed by atoms with E-state index in [1.165, 1.54) is 42.6 Å². The Morgan fingerprint density at radius 2 is 1.59 bits per heavy atom. The third kappa shape index (κ3) is 3.89. The minimum atomic E-state index is -0.435. The van der Waals surface area contributed by atoms with E-state index in [-0.39, 0.29) is 22.2 Å². The average molecular weight is 486 g/mol. The van der Waals surface area contributed by atoms with Gasteiger partial charge in [0.05, 0.1) is 5.25 Å². The highest BCUT2D eigenvalue weighted by atomic mass is 32.2. The van der Waals surface area contributed by atoms with E-state index in [0.29, 0.717) is 16.5 Å². The van der Waals surface area contributed by atoms with E-state index in [1.807, 2.05) is 27.7 Å². The molecular weight excluding hydrogens is 450 g/mol. The van der Waals surface area contributed by atoms with Gasteiger partial charge in [-0.25, -0.2) is 14.8 Å². The van der Waals surface area contributed by atoms with Gasteiger partial charge < -0.3 is 5.32 Å². The largest absolute Gasteiger partial charge is 0.350 e. The number of nitrogens with zero attached hydrogens (tertiary/aromatic N) is 4. The van der Waals surface area contributed by atoms with E-state index in [1.54, 1.807) is 7.05 Å². The summed E-state index contributed by atoms with van der Waals surface area (Å²) in [6, 6.07) is 0. The lowest BCUT2D eigenvalue weighted by atomic mass is 9.53. The first-order valence-electron chi connectivity index (χ1n) is 12.3. The van der Waals surface area contributed by atoms with Gasteiger partial charge in [-0.2, -0.15) is 0 Å². The van der Waals surface area contributed by atoms with E-state index in [0.717, 1.165) is 41.6 Å². The van der Waals surface area contributed by atoms with Gasteiger partial charge in [0, 0.05) is 25.0 Å². The number of amides is 1. The molecular formula is C25H35N5O3S. The van der Waals surface area contributed by atoms with E-state index in [9.17, 15) is 14.4 Å². The van der Waals surface area contributed by atoms with Gasteiger partial charge in [-0.3, -0.25) is 18.7 Å². The molecule has 2 aromatic heterocycles. The summed E-state index contributed by atoms with van der Waals surface area (Å²) in [6.45, 7) is 7.85. The number of carbonyl (C=O) groups excluding carboxylic acids is 1. The highest BCUT2D eigenvalue weighted by molar-refractivity contribution is 8.00. The zero-order chi connectivity index (χ0) is 24.6. The van der Waals surface area contributed by atoms with Gasteiger partial charge in [-0.1, -0.05) is 32.5 Å². The van der Waals surface area contributed by atoms with Crippen LogP contribution in [0.2, 0.25) is 0 Å². The molecule has 2 heterocycles. The number of hydrogen-bond acceptors (Lipinski definition) is 6. The molecule has 184 valence electrons. The predicted molar refractivity (Wildman–Crippen MR) is 133 cm³/mol. The molecule has 8 nitrogen and oxygen atoms in total. The number of aryl methyl sites for hydroxylation is 1. The molecule has 4 aliphatic carbocycles. The highest BCUT2D eigenvalue weighted by Gasteiger charge is 2.51. The Bertz CT molecular complexity index is 1250. The van der Waals surface area contributed by atoms with Crippen molar-refractivity contribution >= 4 is 28.7 Å². The lowest BCUT2D eigenvalue weighted by molar-refractivity contribution is -0.126. The monoisotopic (exact) mass is 485 g/mol. The fourth-order valence-corrected chi connectivity index (χ4v) is 7.63. The quantitative estimate of drug-likeness (QED) is 0.528. The number of thioether (sulfide) groups is 1. The van der Waals surface area contributed by atoms with Crippen LogP contribution in [0.25, 0.3) is 11.0 Å². The van der Waals surface area contributed by atoms with E-state index < -0.39 is 16.5 Å². The van der Waals surface area contributed by atoms with Gasteiger partial charge >= 0.3 is 5.69 Å². The van der Waals surface area contributed by atoms with Crippen LogP contribution in [0.4, 0.5) is 0 Å². The molecule has 0 saturated heterocycles. The summed E-state index contributed by atoms with van der Waals surface area (Å²) >= 11 is 1.29. The smallest absolute Gasteiger partial charge is 0.332 e. The second kappa shape index (κ2) is 7.93. The molecule has 2 aromatic rings. The van der Waals surface area contributed by atoms with Crippen molar-refractivity contribution in [3.8, 4) is 0 Å². The van der Waals surface area contributed by atoms with Gasteiger partial charge in [0.15, 0.2) is 5.65 Å². The SMILES string of the molecule is CC(Sc1nc(C(C)(C)C)nc2c1c(=O)n(C)c(=O)n2C)C(=O)NC12CC3CC(CC(C3)C1)C2. The Hall–Kier alpha value is -2.16. The summed E-state index contributed by atoms with van der Waals surface area (Å²) in [7, 11) is 3.07. The number of hydrogen-bond donors (Lipinski definition) is 1. The van der Waals surface area contributed by atoms with Crippen LogP contribution >= 0.6 is 11.8 Å². The van der Waals surface area contributed by atoms with Crippen LogP contribution in [-0.2, 0) is 24.3 Å². The maximum atomic E-state index is 13.4. The average Bonchev–Trinajstić information content (AvgIpc) is 2.73. The van der Waals surface area contributed by atoms with Crippen LogP contribution in [0.15, 0.2) is 14.6 Å². The van der Waals surface area contributed by atoms with Crippen LogP contribution in [0, 0.1) is 17.8 Å². The molecule has 1 amide bonds. The normalized spacial score (nSPS) is 28.9. The molecule has 1 unspecified atom stereocenters. The van der Waals surface area contributed by atoms with Gasteiger partial charge in [-0.15, -0.1) is 0 Å². The minimum absolute atomic E-state index is 0.00216. The zero-order valence-electron chi connectivity index (χ0n) is 21.0. The van der Waals surface area contributed by atoms with Gasteiger partial charge in [0.25, 0.3) is 5.56 Å². The number of rotatable bonds is 4. The fraction of sp³-hybridized carbons (Fsp3) is 0.720. The van der Waals surface area contributed by atoms with Gasteiger partial charge in [-0.05, 0) is 63.2 Å². The first kappa shape index (κ1) is 23.6. The Balaban J connectivity index is 1.48. The zero-order valence-corrected chi connectivity index (χ0v) is 21.8. The summed E-state index contributed by atoms with van der Waals surface area (Å²) in [4.78, 5) is 48.4. The van der Waals surface area contributed by atoms with Crippen molar-refractivity contribution in [1.82, 2.24) is 24.4 Å². The van der Waals surface area contributed by atoms with Crippen LogP contribution in [0.5, 0.6) is 0 Å². The van der Waals surface area contributed by atoms with Crippen LogP contribution in [0.1, 0.15) is 72.0 Å². The van der Waals surface area contributed by atoms with Gasteiger partial charge in [0.1, 0.15) is 16.2 Å². The molecule has 4 aliphatic rings. The first-order chi connectivity index (χ1) is 15.9. The summed E-state index contributed by atoms with van der Waals surface area (Å²) in [6.07, 6.45) is 7.25. The maximum Gasteiger partial charge on any atom is 0.332 e. The molecule has 4 fully saturated rings. The number of carbonyl (C=O) groups is 1. The first-order valence-corrected chi connectivity index (χ1v) is 13.2. The standard InChI is InChI=1S/C25H35N5O3S/c1-13(19(31)28-25-10-14-7-15(11-25)9-16(8-14)12-25)34-20-17-18(26-22(27-20)24(2,3)4)29(5)23(33)30(6)21(17)32/h13-16H,7-12H2,1-6H3,(H,28,31). The minimum Gasteiger partial charge on any atom is -0.350 e. The lowest BCUT2D eigenvalue weighted by Gasteiger charge is -2.57. The fourth-order valence-electron chi connectivity index (χ4n) is 6.70. The Morgan fingerprint density at radius 1 is 1.03 bits per heavy atom. The van der Waals surface area contributed by atoms with E-state index in [2.05, 4.69) is 10.3 Å². The molecule has 0 spiro atoms. The van der Waals surface area contributed by atoms with Gasteiger partial charge in [0.2, 0.25) is 5.91 Å². The third-order valence-corrected chi connectivity index (χ3v) is 9.11. The van der Waals surface area contributed by atoms with Crippen molar-refractivity contribution in [3.05, 3.63) is 26.7 Å². The molecule has 9 heteroatoms. The Kier molecular flexibility index (Phi) is 5.50. The second-order valence-corrected chi connectivity index (χ2v) is 13.3. The molecule has 1 N–H and O–H groups in total. The van der Waals surface area contributed by atoms with Crippen LogP contribution in [0.3, 0.4) is 0 Å². The topological polar surface area (TPSA) is 98.9 Å². The highest BCUT2D eigenvalue weighted by Crippen LogP contribution is 2.55. The number of fused-ring (bicyclic) bond motifs is 1. The van der Waals surface area contributed by atoms with Crippen molar-refractivity contribution in [2.24, 2.45) is 31.8 Å². The summed E-state index contributed by atoms with van der Waals surface area (Å²) < 4.78 is 2.46. The van der Waals surface area contributed by atoms with Crippen molar-refractivity contribution in [3.63, 3.8) is 0 Å². The molecule has 6 rings (SSSR count). The Morgan fingerprint density at radius 3 is 2.12 bits per heavy atom. The van der Waals surface area contributed by atoms with Crippen LogP contribution in [-0.4, -0.2) is 35.8 Å². The molecule has 4 saturated carbocycles. The van der Waals surface area contributed by atoms with Crippen molar-refractivity contribution in [2.45, 2.75) is 87.4 Å². The maximum absolute atomic E-state index is 13.4. The van der Waals surface area contributed by atoms with Crippen LogP contribution < -0.4 is 16.6 Å². The predicted octanol–water partition coefficient (Wildman–Crippen LogP) is 2.89. The summed E-state index contributed by atoms with van der Waals surface area (Å²) in [5.41, 5.74) is -1.00. The number of aromatic nitrogens is 4. The Labute approximate surface area is 203 Å². The van der Waals surface area contributed by atoms with Crippen molar-refractivity contribution in [1.29, 1.82) is 0 Å². The third-order valence-electron chi connectivity index (χ3n) is 8.02. The van der Waals surface area contributed by atoms with E-state index in [4.69, 9.17) is 4.98 Å². The second-order valence-electron chi connectivity index (χ2n) is 12.0. The molecule has 4 bridgehead atoms. The molecule has 0 aromatic carbocycles.